The number of nitrogens with zero attached hydrogens (tertiary/aromatic N) is 1. The lowest BCUT2D eigenvalue weighted by Crippen LogP contribution is -2.43. The smallest absolute Gasteiger partial charge is 0.308 e. The maximum Gasteiger partial charge on any atom is 0.308 e. The molecule has 0 aromatic carbocycles. The predicted molar refractivity (Wildman–Crippen MR) is 76.5 cm³/mol. The van der Waals surface area contributed by atoms with Crippen LogP contribution < -0.4 is 5.32 Å². The van der Waals surface area contributed by atoms with Gasteiger partial charge in [-0.3, -0.25) is 14.4 Å². The van der Waals surface area contributed by atoms with E-state index in [1.165, 1.54) is 0 Å². The normalized spacial score (nSPS) is 23.0. The second-order valence-electron chi connectivity index (χ2n) is 6.04. The van der Waals surface area contributed by atoms with E-state index < -0.39 is 11.9 Å². The molecular weight excluding hydrogens is 272 g/mol. The third kappa shape index (κ3) is 4.44. The van der Waals surface area contributed by atoms with Crippen LogP contribution in [-0.4, -0.2) is 47.4 Å². The summed E-state index contributed by atoms with van der Waals surface area (Å²) < 4.78 is 0. The summed E-state index contributed by atoms with van der Waals surface area (Å²) in [6.45, 7) is 1.27. The van der Waals surface area contributed by atoms with Gasteiger partial charge in [-0.15, -0.1) is 0 Å². The first-order valence-electron chi connectivity index (χ1n) is 7.86. The van der Waals surface area contributed by atoms with Crippen LogP contribution in [0.4, 0.5) is 0 Å². The summed E-state index contributed by atoms with van der Waals surface area (Å²) in [5.74, 6) is -1.17. The molecule has 6 heteroatoms. The number of rotatable bonds is 5. The van der Waals surface area contributed by atoms with Crippen LogP contribution >= 0.6 is 0 Å². The van der Waals surface area contributed by atoms with Gasteiger partial charge in [-0.1, -0.05) is 12.8 Å². The molecule has 1 saturated carbocycles. The molecule has 6 nitrogen and oxygen atoms in total. The van der Waals surface area contributed by atoms with Crippen LogP contribution in [0.15, 0.2) is 0 Å². The fourth-order valence-corrected chi connectivity index (χ4v) is 3.19. The van der Waals surface area contributed by atoms with Crippen molar-refractivity contribution in [3.05, 3.63) is 0 Å². The van der Waals surface area contributed by atoms with E-state index in [4.69, 9.17) is 5.11 Å². The Hall–Kier alpha value is -1.59. The number of likely N-dealkylation sites (tertiary alicyclic amines) is 1. The highest BCUT2D eigenvalue weighted by molar-refractivity contribution is 5.81. The number of carbonyl (C=O) groups excluding carboxylic acids is 2. The number of piperidine rings is 1. The highest BCUT2D eigenvalue weighted by atomic mass is 16.4. The van der Waals surface area contributed by atoms with Gasteiger partial charge in [0.1, 0.15) is 0 Å². The number of amides is 2. The first-order valence-corrected chi connectivity index (χ1v) is 7.86. The van der Waals surface area contributed by atoms with Gasteiger partial charge in [-0.05, 0) is 25.7 Å². The summed E-state index contributed by atoms with van der Waals surface area (Å²) in [7, 11) is 0. The van der Waals surface area contributed by atoms with Crippen molar-refractivity contribution in [2.24, 2.45) is 11.8 Å². The summed E-state index contributed by atoms with van der Waals surface area (Å²) in [4.78, 5) is 36.5. The lowest BCUT2D eigenvalue weighted by molar-refractivity contribution is -0.145. The topological polar surface area (TPSA) is 86.7 Å². The number of carboxylic acid groups (broad SMARTS) is 1. The molecule has 1 saturated heterocycles. The van der Waals surface area contributed by atoms with Gasteiger partial charge in [-0.25, -0.2) is 0 Å². The Kier molecular flexibility index (Phi) is 5.59. The number of nitrogens with one attached hydrogen (secondary N) is 1. The molecular formula is C15H24N2O4. The Balaban J connectivity index is 1.69. The molecule has 0 aromatic heterocycles. The molecule has 2 rings (SSSR count). The molecule has 2 fully saturated rings. The molecule has 2 N–H and O–H groups in total. The van der Waals surface area contributed by atoms with E-state index in [9.17, 15) is 14.4 Å². The maximum atomic E-state index is 12.1. The van der Waals surface area contributed by atoms with Crippen LogP contribution in [0.25, 0.3) is 0 Å². The summed E-state index contributed by atoms with van der Waals surface area (Å²) in [5.41, 5.74) is 0. The van der Waals surface area contributed by atoms with E-state index in [1.54, 1.807) is 4.90 Å². The molecule has 1 aliphatic heterocycles. The number of carboxylic acids is 1. The quantitative estimate of drug-likeness (QED) is 0.792. The summed E-state index contributed by atoms with van der Waals surface area (Å²) in [6, 6.07) is 0. The van der Waals surface area contributed by atoms with Crippen molar-refractivity contribution in [2.75, 3.05) is 19.6 Å². The van der Waals surface area contributed by atoms with Crippen molar-refractivity contribution >= 4 is 17.8 Å². The molecule has 0 unspecified atom stereocenters. The fraction of sp³-hybridized carbons (Fsp3) is 0.800. The van der Waals surface area contributed by atoms with E-state index in [0.29, 0.717) is 26.1 Å². The number of carbonyl (C=O) groups is 3. The molecule has 21 heavy (non-hydrogen) atoms. The predicted octanol–water partition coefficient (Wildman–Crippen LogP) is 1.01. The molecule has 1 aliphatic carbocycles. The van der Waals surface area contributed by atoms with Crippen LogP contribution in [0.5, 0.6) is 0 Å². The molecule has 2 amide bonds. The first-order chi connectivity index (χ1) is 10.1. The zero-order valence-electron chi connectivity index (χ0n) is 12.3. The zero-order valence-corrected chi connectivity index (χ0v) is 12.3. The largest absolute Gasteiger partial charge is 0.481 e. The highest BCUT2D eigenvalue weighted by Gasteiger charge is 2.28. The Morgan fingerprint density at radius 2 is 1.71 bits per heavy atom. The van der Waals surface area contributed by atoms with Crippen molar-refractivity contribution in [3.8, 4) is 0 Å². The van der Waals surface area contributed by atoms with Gasteiger partial charge in [0.2, 0.25) is 11.8 Å². The molecule has 1 atom stereocenters. The molecule has 0 spiro atoms. The molecule has 2 aliphatic rings. The van der Waals surface area contributed by atoms with Crippen molar-refractivity contribution in [3.63, 3.8) is 0 Å². The zero-order chi connectivity index (χ0) is 15.2. The maximum absolute atomic E-state index is 12.1. The third-order valence-electron chi connectivity index (χ3n) is 4.49. The lowest BCUT2D eigenvalue weighted by Gasteiger charge is -2.30. The Labute approximate surface area is 124 Å². The second kappa shape index (κ2) is 7.43. The van der Waals surface area contributed by atoms with Crippen LogP contribution in [0.3, 0.4) is 0 Å². The van der Waals surface area contributed by atoms with E-state index in [2.05, 4.69) is 5.32 Å². The number of aliphatic carboxylic acids is 1. The van der Waals surface area contributed by atoms with Gasteiger partial charge >= 0.3 is 5.97 Å². The van der Waals surface area contributed by atoms with Crippen molar-refractivity contribution in [2.45, 2.75) is 44.9 Å². The molecule has 0 radical (unpaired) electrons. The van der Waals surface area contributed by atoms with E-state index in [-0.39, 0.29) is 24.2 Å². The van der Waals surface area contributed by atoms with Gasteiger partial charge in [0, 0.05) is 32.0 Å². The molecule has 0 aromatic rings. The highest BCUT2D eigenvalue weighted by Crippen LogP contribution is 2.24. The third-order valence-corrected chi connectivity index (χ3v) is 4.49. The van der Waals surface area contributed by atoms with E-state index in [0.717, 1.165) is 32.1 Å². The van der Waals surface area contributed by atoms with Gasteiger partial charge in [-0.2, -0.15) is 0 Å². The van der Waals surface area contributed by atoms with Crippen LogP contribution in [-0.2, 0) is 14.4 Å². The molecule has 0 bridgehead atoms. The summed E-state index contributed by atoms with van der Waals surface area (Å²) in [6.07, 6.45) is 5.75. The average molecular weight is 296 g/mol. The average Bonchev–Trinajstić information content (AvgIpc) is 3.01. The SMILES string of the molecule is O=C(NCCC(=O)N1CCC[C@@H](C(=O)O)C1)C1CCCC1. The van der Waals surface area contributed by atoms with Crippen LogP contribution in [0, 0.1) is 11.8 Å². The van der Waals surface area contributed by atoms with Gasteiger partial charge in [0.05, 0.1) is 5.92 Å². The number of hydrogen-bond acceptors (Lipinski definition) is 3. The van der Waals surface area contributed by atoms with Gasteiger partial charge < -0.3 is 15.3 Å². The van der Waals surface area contributed by atoms with Crippen LogP contribution in [0.2, 0.25) is 0 Å². The van der Waals surface area contributed by atoms with E-state index >= 15 is 0 Å². The molecule has 1 heterocycles. The molecule has 118 valence electrons. The Morgan fingerprint density at radius 1 is 1.05 bits per heavy atom. The standard InChI is InChI=1S/C15H24N2O4/c18-13(17-9-3-6-12(10-17)15(20)21)7-8-16-14(19)11-4-1-2-5-11/h11-12H,1-10H2,(H,16,19)(H,20,21)/t12-/m1/s1. The Bertz CT molecular complexity index is 404. The number of hydrogen-bond donors (Lipinski definition) is 2. The Morgan fingerprint density at radius 3 is 2.38 bits per heavy atom. The second-order valence-corrected chi connectivity index (χ2v) is 6.04. The summed E-state index contributed by atoms with van der Waals surface area (Å²) >= 11 is 0. The van der Waals surface area contributed by atoms with Crippen molar-refractivity contribution < 1.29 is 19.5 Å². The van der Waals surface area contributed by atoms with Gasteiger partial charge in [0.15, 0.2) is 0 Å². The van der Waals surface area contributed by atoms with E-state index in [1.807, 2.05) is 0 Å². The minimum absolute atomic E-state index is 0.0577. The minimum Gasteiger partial charge on any atom is -0.481 e. The minimum atomic E-state index is -0.831. The fourth-order valence-electron chi connectivity index (χ4n) is 3.19. The first kappa shape index (κ1) is 15.8. The van der Waals surface area contributed by atoms with Crippen LogP contribution in [0.1, 0.15) is 44.9 Å². The summed E-state index contributed by atoms with van der Waals surface area (Å²) in [5, 5.41) is 11.8. The van der Waals surface area contributed by atoms with Crippen molar-refractivity contribution in [1.29, 1.82) is 0 Å². The van der Waals surface area contributed by atoms with Crippen molar-refractivity contribution in [1.82, 2.24) is 10.2 Å². The monoisotopic (exact) mass is 296 g/mol. The van der Waals surface area contributed by atoms with Gasteiger partial charge in [0.25, 0.3) is 0 Å². The lowest BCUT2D eigenvalue weighted by atomic mass is 9.98.